The number of ether oxygens (including phenoxy) is 1. The van der Waals surface area contributed by atoms with Gasteiger partial charge in [-0.1, -0.05) is 42.5 Å². The molecule has 0 aliphatic carbocycles. The third-order valence-corrected chi connectivity index (χ3v) is 4.22. The molecule has 0 saturated carbocycles. The van der Waals surface area contributed by atoms with E-state index in [0.717, 1.165) is 11.8 Å². The number of hydrogen-bond acceptors (Lipinski definition) is 6. The van der Waals surface area contributed by atoms with Gasteiger partial charge in [0.15, 0.2) is 6.10 Å². The maximum absolute atomic E-state index is 12.3. The molecule has 0 aromatic heterocycles. The number of amides is 3. The highest BCUT2D eigenvalue weighted by Crippen LogP contribution is 2.18. The second-order valence-electron chi connectivity index (χ2n) is 6.12. The van der Waals surface area contributed by atoms with E-state index in [9.17, 15) is 22.8 Å². The molecule has 10 heteroatoms. The summed E-state index contributed by atoms with van der Waals surface area (Å²) in [7, 11) is -3.61. The molecule has 9 nitrogen and oxygen atoms in total. The summed E-state index contributed by atoms with van der Waals surface area (Å²) in [5.41, 5.74) is 0.809. The minimum atomic E-state index is -3.61. The molecular formula is C19H21N3O6S. The summed E-state index contributed by atoms with van der Waals surface area (Å²) in [5.74, 6) is -1.73. The minimum Gasteiger partial charge on any atom is -0.449 e. The quantitative estimate of drug-likeness (QED) is 0.585. The molecule has 154 valence electrons. The van der Waals surface area contributed by atoms with E-state index in [1.54, 1.807) is 0 Å². The third kappa shape index (κ3) is 7.26. The van der Waals surface area contributed by atoms with Gasteiger partial charge in [0.25, 0.3) is 5.91 Å². The molecule has 0 fully saturated rings. The molecule has 3 amide bonds. The lowest BCUT2D eigenvalue weighted by atomic mass is 10.2. The Morgan fingerprint density at radius 3 is 2.28 bits per heavy atom. The predicted octanol–water partition coefficient (Wildman–Crippen LogP) is 1.63. The minimum absolute atomic E-state index is 0.0215. The van der Waals surface area contributed by atoms with Crippen molar-refractivity contribution in [2.45, 2.75) is 19.6 Å². The number of sulfonamides is 1. The summed E-state index contributed by atoms with van der Waals surface area (Å²) in [6.45, 7) is 1.52. The molecule has 0 saturated heterocycles. The van der Waals surface area contributed by atoms with E-state index >= 15 is 0 Å². The van der Waals surface area contributed by atoms with Gasteiger partial charge in [-0.15, -0.1) is 0 Å². The first-order valence-electron chi connectivity index (χ1n) is 8.56. The molecule has 2 aromatic carbocycles. The van der Waals surface area contributed by atoms with Crippen LogP contribution in [0.4, 0.5) is 10.5 Å². The fourth-order valence-corrected chi connectivity index (χ4v) is 2.84. The highest BCUT2D eigenvalue weighted by Gasteiger charge is 2.22. The SMILES string of the molecule is C[C@@H](OC(=O)c1ccccc1NS(C)(=O)=O)C(=O)NC(=O)NCc1ccccc1. The number of urea groups is 1. The zero-order chi connectivity index (χ0) is 21.4. The van der Waals surface area contributed by atoms with Gasteiger partial charge in [-0.3, -0.25) is 14.8 Å². The van der Waals surface area contributed by atoms with Crippen LogP contribution in [0.15, 0.2) is 54.6 Å². The molecule has 0 bridgehead atoms. The van der Waals surface area contributed by atoms with E-state index in [1.165, 1.54) is 31.2 Å². The van der Waals surface area contributed by atoms with Crippen LogP contribution in [-0.2, 0) is 26.1 Å². The molecule has 3 N–H and O–H groups in total. The van der Waals surface area contributed by atoms with Crippen LogP contribution in [0.1, 0.15) is 22.8 Å². The molecule has 0 unspecified atom stereocenters. The van der Waals surface area contributed by atoms with Gasteiger partial charge in [0.2, 0.25) is 10.0 Å². The molecule has 0 aliphatic heterocycles. The first-order chi connectivity index (χ1) is 13.7. The Kier molecular flexibility index (Phi) is 7.32. The van der Waals surface area contributed by atoms with Crippen LogP contribution in [0.5, 0.6) is 0 Å². The van der Waals surface area contributed by atoms with E-state index < -0.39 is 34.0 Å². The fourth-order valence-electron chi connectivity index (χ4n) is 2.26. The average Bonchev–Trinajstić information content (AvgIpc) is 2.66. The van der Waals surface area contributed by atoms with E-state index in [4.69, 9.17) is 4.74 Å². The fraction of sp³-hybridized carbons (Fsp3) is 0.211. The molecule has 0 aliphatic rings. The van der Waals surface area contributed by atoms with Gasteiger partial charge >= 0.3 is 12.0 Å². The highest BCUT2D eigenvalue weighted by molar-refractivity contribution is 7.92. The van der Waals surface area contributed by atoms with Gasteiger partial charge in [-0.25, -0.2) is 18.0 Å². The second kappa shape index (κ2) is 9.69. The lowest BCUT2D eigenvalue weighted by molar-refractivity contribution is -0.127. The first kappa shape index (κ1) is 21.9. The van der Waals surface area contributed by atoms with Crippen LogP contribution in [0.3, 0.4) is 0 Å². The van der Waals surface area contributed by atoms with Gasteiger partial charge in [-0.05, 0) is 24.6 Å². The lowest BCUT2D eigenvalue weighted by Crippen LogP contribution is -2.44. The van der Waals surface area contributed by atoms with Crippen LogP contribution < -0.4 is 15.4 Å². The Bertz CT molecular complexity index is 992. The zero-order valence-corrected chi connectivity index (χ0v) is 16.7. The number of imide groups is 1. The summed E-state index contributed by atoms with van der Waals surface area (Å²) in [5, 5.41) is 4.60. The highest BCUT2D eigenvalue weighted by atomic mass is 32.2. The number of hydrogen-bond donors (Lipinski definition) is 3. The average molecular weight is 419 g/mol. The van der Waals surface area contributed by atoms with Crippen LogP contribution in [0, 0.1) is 0 Å². The number of rotatable bonds is 7. The molecule has 29 heavy (non-hydrogen) atoms. The van der Waals surface area contributed by atoms with E-state index in [1.807, 2.05) is 30.3 Å². The maximum Gasteiger partial charge on any atom is 0.341 e. The third-order valence-electron chi connectivity index (χ3n) is 3.63. The van der Waals surface area contributed by atoms with E-state index in [-0.39, 0.29) is 17.8 Å². The number of carbonyl (C=O) groups excluding carboxylic acids is 3. The van der Waals surface area contributed by atoms with Crippen molar-refractivity contribution in [3.05, 3.63) is 65.7 Å². The van der Waals surface area contributed by atoms with E-state index in [0.29, 0.717) is 0 Å². The van der Waals surface area contributed by atoms with Crippen molar-refractivity contribution in [2.24, 2.45) is 0 Å². The van der Waals surface area contributed by atoms with Crippen LogP contribution in [-0.4, -0.2) is 38.7 Å². The Labute approximate surface area is 168 Å². The zero-order valence-electron chi connectivity index (χ0n) is 15.8. The van der Waals surface area contributed by atoms with Gasteiger partial charge in [-0.2, -0.15) is 0 Å². The standard InChI is InChI=1S/C19H21N3O6S/c1-13(17(23)21-19(25)20-12-14-8-4-3-5-9-14)28-18(24)15-10-6-7-11-16(15)22-29(2,26)27/h3-11,13,22H,12H2,1-2H3,(H2,20,21,23,25)/t13-/m1/s1. The normalized spacial score (nSPS) is 11.8. The largest absolute Gasteiger partial charge is 0.449 e. The van der Waals surface area contributed by atoms with Gasteiger partial charge in [0, 0.05) is 6.54 Å². The summed E-state index contributed by atoms with van der Waals surface area (Å²) >= 11 is 0. The van der Waals surface area contributed by atoms with Crippen LogP contribution in [0.2, 0.25) is 0 Å². The van der Waals surface area contributed by atoms with Crippen molar-refractivity contribution >= 4 is 33.6 Å². The number of benzene rings is 2. The number of carbonyl (C=O) groups is 3. The van der Waals surface area contributed by atoms with Crippen molar-refractivity contribution in [1.29, 1.82) is 0 Å². The molecule has 1 atom stereocenters. The molecular weight excluding hydrogens is 398 g/mol. The topological polar surface area (TPSA) is 131 Å². The Balaban J connectivity index is 1.92. The Hall–Kier alpha value is -3.40. The number of para-hydroxylation sites is 1. The number of esters is 1. The van der Waals surface area contributed by atoms with Crippen molar-refractivity contribution in [3.8, 4) is 0 Å². The predicted molar refractivity (Wildman–Crippen MR) is 107 cm³/mol. The van der Waals surface area contributed by atoms with Crippen molar-refractivity contribution in [2.75, 3.05) is 11.0 Å². The maximum atomic E-state index is 12.3. The number of anilines is 1. The van der Waals surface area contributed by atoms with Gasteiger partial charge in [0.1, 0.15) is 0 Å². The molecule has 0 spiro atoms. The monoisotopic (exact) mass is 419 g/mol. The smallest absolute Gasteiger partial charge is 0.341 e. The van der Waals surface area contributed by atoms with Crippen LogP contribution in [0.25, 0.3) is 0 Å². The van der Waals surface area contributed by atoms with E-state index in [2.05, 4.69) is 15.4 Å². The summed E-state index contributed by atoms with van der Waals surface area (Å²) < 4.78 is 30.1. The number of nitrogens with one attached hydrogen (secondary N) is 3. The Morgan fingerprint density at radius 2 is 1.62 bits per heavy atom. The van der Waals surface area contributed by atoms with Crippen molar-refractivity contribution < 1.29 is 27.5 Å². The molecule has 0 radical (unpaired) electrons. The second-order valence-corrected chi connectivity index (χ2v) is 7.87. The summed E-state index contributed by atoms with van der Waals surface area (Å²) in [6.07, 6.45) is -0.338. The van der Waals surface area contributed by atoms with Crippen LogP contribution >= 0.6 is 0 Å². The lowest BCUT2D eigenvalue weighted by Gasteiger charge is -2.15. The molecule has 2 rings (SSSR count). The van der Waals surface area contributed by atoms with Gasteiger partial charge in [0.05, 0.1) is 17.5 Å². The van der Waals surface area contributed by atoms with Crippen molar-refractivity contribution in [1.82, 2.24) is 10.6 Å². The summed E-state index contributed by atoms with van der Waals surface area (Å²) in [4.78, 5) is 36.2. The Morgan fingerprint density at radius 1 is 1.00 bits per heavy atom. The summed E-state index contributed by atoms with van der Waals surface area (Å²) in [6, 6.07) is 14.2. The molecule has 2 aromatic rings. The van der Waals surface area contributed by atoms with Crippen molar-refractivity contribution in [3.63, 3.8) is 0 Å². The molecule has 0 heterocycles. The first-order valence-corrected chi connectivity index (χ1v) is 10.5. The van der Waals surface area contributed by atoms with Gasteiger partial charge < -0.3 is 10.1 Å².